The zero-order valence-corrected chi connectivity index (χ0v) is 9.62. The van der Waals surface area contributed by atoms with E-state index >= 15 is 0 Å². The Bertz CT molecular complexity index is 260. The highest BCUT2D eigenvalue weighted by molar-refractivity contribution is 5.10. The third-order valence-electron chi connectivity index (χ3n) is 2.96. The Hall–Kier alpha value is -0.810. The predicted molar refractivity (Wildman–Crippen MR) is 58.7 cm³/mol. The van der Waals surface area contributed by atoms with Crippen LogP contribution in [0.4, 0.5) is 0 Å². The summed E-state index contributed by atoms with van der Waals surface area (Å²) in [7, 11) is 3.98. The van der Waals surface area contributed by atoms with E-state index in [0.29, 0.717) is 11.8 Å². The van der Waals surface area contributed by atoms with Gasteiger partial charge in [0.15, 0.2) is 0 Å². The van der Waals surface area contributed by atoms with E-state index in [2.05, 4.69) is 26.0 Å². The quantitative estimate of drug-likeness (QED) is 0.628. The number of rotatable bonds is 2. The summed E-state index contributed by atoms with van der Waals surface area (Å²) in [6.45, 7) is 4.41. The molecule has 0 saturated carbocycles. The van der Waals surface area contributed by atoms with E-state index in [-0.39, 0.29) is 6.04 Å². The van der Waals surface area contributed by atoms with E-state index in [1.165, 1.54) is 5.57 Å². The lowest BCUT2D eigenvalue weighted by Gasteiger charge is -2.32. The van der Waals surface area contributed by atoms with E-state index < -0.39 is 0 Å². The molecule has 1 aliphatic carbocycles. The molecule has 0 saturated heterocycles. The molecule has 1 aliphatic rings. The molecule has 0 aromatic heterocycles. The molecular formula is C12H20N2. The second-order valence-electron chi connectivity index (χ2n) is 4.73. The monoisotopic (exact) mass is 192 g/mol. The van der Waals surface area contributed by atoms with Crippen molar-refractivity contribution in [3.05, 3.63) is 11.6 Å². The summed E-state index contributed by atoms with van der Waals surface area (Å²) >= 11 is 0. The molecule has 14 heavy (non-hydrogen) atoms. The van der Waals surface area contributed by atoms with Crippen molar-refractivity contribution in [3.63, 3.8) is 0 Å². The first-order valence-electron chi connectivity index (χ1n) is 5.28. The lowest BCUT2D eigenvalue weighted by Crippen LogP contribution is -2.36. The fourth-order valence-electron chi connectivity index (χ4n) is 2.48. The minimum atomic E-state index is 0.0705. The maximum absolute atomic E-state index is 9.11. The van der Waals surface area contributed by atoms with Gasteiger partial charge in [0, 0.05) is 0 Å². The summed E-state index contributed by atoms with van der Waals surface area (Å²) < 4.78 is 0. The lowest BCUT2D eigenvalue weighted by atomic mass is 9.79. The van der Waals surface area contributed by atoms with Crippen LogP contribution in [0.2, 0.25) is 0 Å². The van der Waals surface area contributed by atoms with Crippen LogP contribution in [0.15, 0.2) is 11.6 Å². The van der Waals surface area contributed by atoms with Crippen LogP contribution in [0.1, 0.15) is 26.7 Å². The van der Waals surface area contributed by atoms with E-state index in [1.54, 1.807) is 0 Å². The lowest BCUT2D eigenvalue weighted by molar-refractivity contribution is 0.229. The molecule has 1 rings (SSSR count). The van der Waals surface area contributed by atoms with Crippen LogP contribution < -0.4 is 0 Å². The van der Waals surface area contributed by atoms with Crippen molar-refractivity contribution in [2.75, 3.05) is 14.1 Å². The molecule has 0 bridgehead atoms. The number of nitrogens with zero attached hydrogens (tertiary/aromatic N) is 2. The molecule has 0 fully saturated rings. The third kappa shape index (κ3) is 2.59. The Morgan fingerprint density at radius 3 is 2.64 bits per heavy atom. The summed E-state index contributed by atoms with van der Waals surface area (Å²) in [6.07, 6.45) is 4.56. The van der Waals surface area contributed by atoms with Crippen molar-refractivity contribution in [1.82, 2.24) is 4.90 Å². The second-order valence-corrected chi connectivity index (χ2v) is 4.73. The summed E-state index contributed by atoms with van der Waals surface area (Å²) in [5.74, 6) is 1.14. The van der Waals surface area contributed by atoms with Gasteiger partial charge in [0.1, 0.15) is 6.04 Å². The fraction of sp³-hybridized carbons (Fsp3) is 0.750. The normalized spacial score (nSPS) is 29.6. The standard InChI is InChI=1S/C12H20N2/c1-9-5-10(2)7-11(6-9)12(8-13)14(3)4/h5,9,11-12H,6-7H2,1-4H3. The molecule has 2 nitrogen and oxygen atoms in total. The maximum atomic E-state index is 9.11. The van der Waals surface area contributed by atoms with Crippen molar-refractivity contribution in [3.8, 4) is 6.07 Å². The van der Waals surface area contributed by atoms with Crippen LogP contribution in [-0.4, -0.2) is 25.0 Å². The van der Waals surface area contributed by atoms with Crippen LogP contribution in [-0.2, 0) is 0 Å². The van der Waals surface area contributed by atoms with Crippen LogP contribution in [0.25, 0.3) is 0 Å². The highest BCUT2D eigenvalue weighted by Crippen LogP contribution is 2.31. The summed E-state index contributed by atoms with van der Waals surface area (Å²) in [6, 6.07) is 2.48. The molecule has 0 N–H and O–H groups in total. The molecule has 0 aliphatic heterocycles. The van der Waals surface area contributed by atoms with Gasteiger partial charge in [-0.05, 0) is 45.7 Å². The Balaban J connectivity index is 2.71. The SMILES string of the molecule is CC1=CC(C)CC(C(C#N)N(C)C)C1. The fourth-order valence-corrected chi connectivity index (χ4v) is 2.48. The number of hydrogen-bond acceptors (Lipinski definition) is 2. The first kappa shape index (κ1) is 11.3. The van der Waals surface area contributed by atoms with E-state index in [0.717, 1.165) is 12.8 Å². The molecule has 0 heterocycles. The average Bonchev–Trinajstić information content (AvgIpc) is 2.02. The topological polar surface area (TPSA) is 27.0 Å². The van der Waals surface area contributed by atoms with Gasteiger partial charge in [-0.3, -0.25) is 4.90 Å². The van der Waals surface area contributed by atoms with Gasteiger partial charge in [-0.2, -0.15) is 5.26 Å². The van der Waals surface area contributed by atoms with Gasteiger partial charge < -0.3 is 0 Å². The van der Waals surface area contributed by atoms with Crippen molar-refractivity contribution in [1.29, 1.82) is 5.26 Å². The van der Waals surface area contributed by atoms with Crippen molar-refractivity contribution >= 4 is 0 Å². The van der Waals surface area contributed by atoms with Crippen molar-refractivity contribution < 1.29 is 0 Å². The molecule has 0 aromatic carbocycles. The average molecular weight is 192 g/mol. The first-order chi connectivity index (χ1) is 6.54. The zero-order chi connectivity index (χ0) is 10.7. The molecular weight excluding hydrogens is 172 g/mol. The van der Waals surface area contributed by atoms with Crippen molar-refractivity contribution in [2.45, 2.75) is 32.7 Å². The predicted octanol–water partition coefficient (Wildman–Crippen LogP) is 2.43. The van der Waals surface area contributed by atoms with Gasteiger partial charge in [0.05, 0.1) is 6.07 Å². The van der Waals surface area contributed by atoms with Crippen LogP contribution in [0, 0.1) is 23.2 Å². The van der Waals surface area contributed by atoms with Gasteiger partial charge in [0.25, 0.3) is 0 Å². The Morgan fingerprint density at radius 1 is 1.57 bits per heavy atom. The van der Waals surface area contributed by atoms with E-state index in [1.807, 2.05) is 19.0 Å². The zero-order valence-electron chi connectivity index (χ0n) is 9.62. The third-order valence-corrected chi connectivity index (χ3v) is 2.96. The molecule has 0 amide bonds. The molecule has 0 spiro atoms. The Kier molecular flexibility index (Phi) is 3.71. The molecule has 78 valence electrons. The number of hydrogen-bond donors (Lipinski definition) is 0. The van der Waals surface area contributed by atoms with Crippen molar-refractivity contribution in [2.24, 2.45) is 11.8 Å². The largest absolute Gasteiger partial charge is 0.294 e. The smallest absolute Gasteiger partial charge is 0.100 e. The van der Waals surface area contributed by atoms with Gasteiger partial charge in [-0.25, -0.2) is 0 Å². The Morgan fingerprint density at radius 2 is 2.21 bits per heavy atom. The summed E-state index contributed by atoms with van der Waals surface area (Å²) in [5, 5.41) is 9.11. The Labute approximate surface area is 87.2 Å². The number of nitriles is 1. The minimum absolute atomic E-state index is 0.0705. The van der Waals surface area contributed by atoms with Crippen LogP contribution in [0.5, 0.6) is 0 Å². The highest BCUT2D eigenvalue weighted by atomic mass is 15.1. The molecule has 3 unspecified atom stereocenters. The van der Waals surface area contributed by atoms with Gasteiger partial charge in [-0.15, -0.1) is 0 Å². The van der Waals surface area contributed by atoms with Gasteiger partial charge in [-0.1, -0.05) is 18.6 Å². The summed E-state index contributed by atoms with van der Waals surface area (Å²) in [4.78, 5) is 2.04. The minimum Gasteiger partial charge on any atom is -0.294 e. The van der Waals surface area contributed by atoms with Gasteiger partial charge >= 0.3 is 0 Å². The summed E-state index contributed by atoms with van der Waals surface area (Å²) in [5.41, 5.74) is 1.44. The first-order valence-corrected chi connectivity index (χ1v) is 5.28. The molecule has 3 atom stereocenters. The van der Waals surface area contributed by atoms with Gasteiger partial charge in [0.2, 0.25) is 0 Å². The van der Waals surface area contributed by atoms with Crippen LogP contribution >= 0.6 is 0 Å². The van der Waals surface area contributed by atoms with E-state index in [9.17, 15) is 0 Å². The second kappa shape index (κ2) is 4.61. The van der Waals surface area contributed by atoms with Crippen LogP contribution in [0.3, 0.4) is 0 Å². The van der Waals surface area contributed by atoms with E-state index in [4.69, 9.17) is 5.26 Å². The molecule has 0 aromatic rings. The highest BCUT2D eigenvalue weighted by Gasteiger charge is 2.27. The molecule has 0 radical (unpaired) electrons. The maximum Gasteiger partial charge on any atom is 0.100 e. The molecule has 2 heteroatoms. The number of allylic oxidation sites excluding steroid dienone is 2.